The lowest BCUT2D eigenvalue weighted by atomic mass is 10.1. The molecule has 2 atom stereocenters. The zero-order valence-electron chi connectivity index (χ0n) is 11.6. The van der Waals surface area contributed by atoms with Crippen LogP contribution in [0.2, 0.25) is 0 Å². The van der Waals surface area contributed by atoms with Crippen molar-refractivity contribution in [2.24, 2.45) is 5.92 Å². The minimum Gasteiger partial charge on any atom is -0.435 e. The van der Waals surface area contributed by atoms with Crippen LogP contribution in [0.4, 0.5) is 8.78 Å². The summed E-state index contributed by atoms with van der Waals surface area (Å²) in [5.41, 5.74) is 0. The number of ether oxygens (including phenoxy) is 2. The molecule has 1 saturated heterocycles. The Morgan fingerprint density at radius 2 is 2.14 bits per heavy atom. The molecule has 0 bridgehead atoms. The molecule has 2 unspecified atom stereocenters. The summed E-state index contributed by atoms with van der Waals surface area (Å²) in [7, 11) is -1.77. The third kappa shape index (κ3) is 5.00. The lowest BCUT2D eigenvalue weighted by Gasteiger charge is -2.13. The number of hydrogen-bond donors (Lipinski definition) is 2. The quantitative estimate of drug-likeness (QED) is 0.827. The predicted octanol–water partition coefficient (Wildman–Crippen LogP) is 0.663. The van der Waals surface area contributed by atoms with Crippen LogP contribution in [0.3, 0.4) is 0 Å². The minimum absolute atomic E-state index is 0.0385. The van der Waals surface area contributed by atoms with Gasteiger partial charge in [-0.3, -0.25) is 9.52 Å². The first-order valence-corrected chi connectivity index (χ1v) is 7.77. The Kier molecular flexibility index (Phi) is 6.22. The van der Waals surface area contributed by atoms with Crippen molar-refractivity contribution in [3.63, 3.8) is 0 Å². The van der Waals surface area contributed by atoms with Gasteiger partial charge in [0.05, 0.1) is 24.0 Å². The number of carbonyl (C=O) groups is 1. The van der Waals surface area contributed by atoms with Gasteiger partial charge in [0, 0.05) is 13.1 Å². The van der Waals surface area contributed by atoms with Gasteiger partial charge in [-0.2, -0.15) is 8.78 Å². The fraction of sp³-hybridized carbons (Fsp3) is 0.462. The number of amides is 1. The molecule has 1 aromatic carbocycles. The summed E-state index contributed by atoms with van der Waals surface area (Å²) in [6.45, 7) is -1.02. The van der Waals surface area contributed by atoms with Crippen molar-refractivity contribution in [2.75, 3.05) is 26.3 Å². The van der Waals surface area contributed by atoms with Gasteiger partial charge in [0.25, 0.3) is 0 Å². The van der Waals surface area contributed by atoms with Crippen LogP contribution in [-0.4, -0.2) is 43.0 Å². The molecule has 2 rings (SSSR count). The standard InChI is InChI=1S/C13H16F2N2O4S/c14-13(15)21-10-1-3-11(4-2-10)22(19)17-12(18)9-7-16-5-6-20-8-9/h1-4,9,13,16H,5-8H2,(H,17,18). The summed E-state index contributed by atoms with van der Waals surface area (Å²) in [4.78, 5) is 12.3. The van der Waals surface area contributed by atoms with Crippen molar-refractivity contribution in [3.8, 4) is 5.75 Å². The van der Waals surface area contributed by atoms with Gasteiger partial charge in [0.2, 0.25) is 5.91 Å². The highest BCUT2D eigenvalue weighted by Gasteiger charge is 2.22. The van der Waals surface area contributed by atoms with E-state index < -0.39 is 23.5 Å². The van der Waals surface area contributed by atoms with Crippen LogP contribution in [0.5, 0.6) is 5.75 Å². The topological polar surface area (TPSA) is 76.7 Å². The van der Waals surface area contributed by atoms with Gasteiger partial charge in [0.15, 0.2) is 11.0 Å². The Bertz CT molecular complexity index is 519. The molecule has 1 aromatic rings. The summed E-state index contributed by atoms with van der Waals surface area (Å²) in [5.74, 6) is -0.850. The molecule has 6 nitrogen and oxygen atoms in total. The van der Waals surface area contributed by atoms with Crippen LogP contribution in [0.15, 0.2) is 29.2 Å². The molecular weight excluding hydrogens is 318 g/mol. The maximum atomic E-state index is 12.0. The van der Waals surface area contributed by atoms with Gasteiger partial charge in [0.1, 0.15) is 5.75 Å². The molecule has 22 heavy (non-hydrogen) atoms. The Morgan fingerprint density at radius 3 is 2.82 bits per heavy atom. The van der Waals surface area contributed by atoms with Gasteiger partial charge < -0.3 is 14.8 Å². The molecule has 2 N–H and O–H groups in total. The third-order valence-corrected chi connectivity index (χ3v) is 4.05. The van der Waals surface area contributed by atoms with E-state index in [2.05, 4.69) is 14.8 Å². The number of alkyl halides is 2. The number of carbonyl (C=O) groups excluding carboxylic acids is 1. The summed E-state index contributed by atoms with van der Waals surface area (Å²) >= 11 is 0. The normalized spacial score (nSPS) is 20.2. The number of rotatable bonds is 5. The molecule has 0 spiro atoms. The first-order valence-electron chi connectivity index (χ1n) is 6.62. The highest BCUT2D eigenvalue weighted by molar-refractivity contribution is 7.83. The van der Waals surface area contributed by atoms with E-state index in [0.717, 1.165) is 0 Å². The number of nitrogens with one attached hydrogen (secondary N) is 2. The van der Waals surface area contributed by atoms with Gasteiger partial charge in [-0.1, -0.05) is 0 Å². The van der Waals surface area contributed by atoms with E-state index in [1.54, 1.807) is 0 Å². The summed E-state index contributed by atoms with van der Waals surface area (Å²) < 4.78 is 47.9. The van der Waals surface area contributed by atoms with Crippen LogP contribution in [0, 0.1) is 5.92 Å². The van der Waals surface area contributed by atoms with Crippen molar-refractivity contribution in [1.82, 2.24) is 10.0 Å². The molecule has 0 saturated carbocycles. The second kappa shape index (κ2) is 8.16. The Hall–Kier alpha value is -1.58. The number of benzene rings is 1. The first-order chi connectivity index (χ1) is 10.6. The average Bonchev–Trinajstić information content (AvgIpc) is 2.76. The van der Waals surface area contributed by atoms with Gasteiger partial charge in [-0.15, -0.1) is 0 Å². The largest absolute Gasteiger partial charge is 0.435 e. The minimum atomic E-state index is -2.92. The molecule has 1 aliphatic rings. The van der Waals surface area contributed by atoms with Gasteiger partial charge in [-0.25, -0.2) is 4.21 Å². The van der Waals surface area contributed by atoms with Crippen molar-refractivity contribution < 1.29 is 27.3 Å². The predicted molar refractivity (Wildman–Crippen MR) is 74.8 cm³/mol. The van der Waals surface area contributed by atoms with Crippen molar-refractivity contribution >= 4 is 16.9 Å². The molecular formula is C13H16F2N2O4S. The zero-order chi connectivity index (χ0) is 15.9. The molecule has 1 heterocycles. The zero-order valence-corrected chi connectivity index (χ0v) is 12.4. The van der Waals surface area contributed by atoms with Gasteiger partial charge >= 0.3 is 6.61 Å². The summed E-state index contributed by atoms with van der Waals surface area (Å²) in [6, 6.07) is 5.25. The van der Waals surface area contributed by atoms with Crippen molar-refractivity contribution in [1.29, 1.82) is 0 Å². The van der Waals surface area contributed by atoms with Crippen LogP contribution in [-0.2, 0) is 20.5 Å². The average molecular weight is 334 g/mol. The maximum absolute atomic E-state index is 12.0. The number of halogens is 2. The van der Waals surface area contributed by atoms with Crippen molar-refractivity contribution in [3.05, 3.63) is 24.3 Å². The van der Waals surface area contributed by atoms with Crippen LogP contribution >= 0.6 is 0 Å². The molecule has 1 fully saturated rings. The molecule has 9 heteroatoms. The summed E-state index contributed by atoms with van der Waals surface area (Å²) in [5, 5.41) is 3.04. The Balaban J connectivity index is 1.92. The smallest absolute Gasteiger partial charge is 0.387 e. The second-order valence-electron chi connectivity index (χ2n) is 4.56. The van der Waals surface area contributed by atoms with Crippen LogP contribution < -0.4 is 14.8 Å². The van der Waals surface area contributed by atoms with E-state index in [0.29, 0.717) is 19.7 Å². The highest BCUT2D eigenvalue weighted by Crippen LogP contribution is 2.16. The Labute approximate surface area is 128 Å². The lowest BCUT2D eigenvalue weighted by Crippen LogP contribution is -2.38. The monoisotopic (exact) mass is 334 g/mol. The van der Waals surface area contributed by atoms with Crippen LogP contribution in [0.1, 0.15) is 0 Å². The van der Waals surface area contributed by atoms with E-state index in [1.165, 1.54) is 24.3 Å². The van der Waals surface area contributed by atoms with E-state index in [9.17, 15) is 17.8 Å². The van der Waals surface area contributed by atoms with Gasteiger partial charge in [-0.05, 0) is 24.3 Å². The maximum Gasteiger partial charge on any atom is 0.387 e. The molecule has 0 aliphatic carbocycles. The van der Waals surface area contributed by atoms with E-state index in [4.69, 9.17) is 4.74 Å². The van der Waals surface area contributed by atoms with E-state index in [1.807, 2.05) is 0 Å². The Morgan fingerprint density at radius 1 is 1.41 bits per heavy atom. The lowest BCUT2D eigenvalue weighted by molar-refractivity contribution is -0.124. The molecule has 1 amide bonds. The van der Waals surface area contributed by atoms with E-state index in [-0.39, 0.29) is 23.2 Å². The summed E-state index contributed by atoms with van der Waals surface area (Å²) in [6.07, 6.45) is 0. The third-order valence-electron chi connectivity index (χ3n) is 2.96. The van der Waals surface area contributed by atoms with Crippen molar-refractivity contribution in [2.45, 2.75) is 11.5 Å². The SMILES string of the molecule is O=C(NS(=O)c1ccc(OC(F)F)cc1)C1CNCCOC1. The fourth-order valence-corrected chi connectivity index (χ4v) is 2.70. The number of hydrogen-bond acceptors (Lipinski definition) is 5. The first kappa shape index (κ1) is 16.8. The fourth-order valence-electron chi connectivity index (χ4n) is 1.85. The second-order valence-corrected chi connectivity index (χ2v) is 5.77. The molecule has 0 aromatic heterocycles. The molecule has 0 radical (unpaired) electrons. The highest BCUT2D eigenvalue weighted by atomic mass is 32.2. The molecule has 1 aliphatic heterocycles. The van der Waals surface area contributed by atoms with E-state index >= 15 is 0 Å². The molecule has 122 valence electrons. The van der Waals surface area contributed by atoms with Crippen LogP contribution in [0.25, 0.3) is 0 Å².